The normalized spacial score (nSPS) is 10.2. The maximum atomic E-state index is 12.3. The lowest BCUT2D eigenvalue weighted by Crippen LogP contribution is -2.08. The van der Waals surface area contributed by atoms with Crippen molar-refractivity contribution in [1.29, 1.82) is 0 Å². The fourth-order valence-corrected chi connectivity index (χ4v) is 3.12. The van der Waals surface area contributed by atoms with Crippen LogP contribution in [0.3, 0.4) is 0 Å². The first-order valence-electron chi connectivity index (χ1n) is 10.6. The molecule has 0 heterocycles. The van der Waals surface area contributed by atoms with Gasteiger partial charge in [-0.15, -0.1) is 0 Å². The minimum atomic E-state index is -0.489. The van der Waals surface area contributed by atoms with E-state index in [4.69, 9.17) is 23.7 Å². The second kappa shape index (κ2) is 10.9. The molecule has 0 bridgehead atoms. The van der Waals surface area contributed by atoms with Crippen molar-refractivity contribution in [2.75, 3.05) is 14.2 Å². The van der Waals surface area contributed by atoms with Crippen molar-refractivity contribution < 1.29 is 33.3 Å². The molecule has 0 fully saturated rings. The third-order valence-electron chi connectivity index (χ3n) is 4.92. The highest BCUT2D eigenvalue weighted by Gasteiger charge is 2.11. The molecule has 0 aliphatic rings. The summed E-state index contributed by atoms with van der Waals surface area (Å²) in [5.41, 5.74) is 0.772. The number of ether oxygens (including phenoxy) is 5. The fourth-order valence-electron chi connectivity index (χ4n) is 3.12. The molecule has 4 aromatic carbocycles. The van der Waals surface area contributed by atoms with Gasteiger partial charge in [-0.1, -0.05) is 12.1 Å². The van der Waals surface area contributed by atoms with Crippen LogP contribution in [-0.2, 0) is 0 Å². The molecule has 7 heteroatoms. The van der Waals surface area contributed by atoms with Crippen molar-refractivity contribution in [3.8, 4) is 34.5 Å². The molecule has 0 saturated carbocycles. The molecule has 35 heavy (non-hydrogen) atoms. The Balaban J connectivity index is 1.33. The Bertz CT molecular complexity index is 1210. The molecule has 4 aromatic rings. The molecule has 0 aliphatic heterocycles. The molecule has 0 spiro atoms. The van der Waals surface area contributed by atoms with Crippen LogP contribution in [0.5, 0.6) is 34.5 Å². The number of methoxy groups -OCH3 is 2. The largest absolute Gasteiger partial charge is 0.497 e. The molecule has 176 valence electrons. The third kappa shape index (κ3) is 6.17. The number of hydrogen-bond acceptors (Lipinski definition) is 7. The van der Waals surface area contributed by atoms with E-state index in [-0.39, 0.29) is 0 Å². The Kier molecular flexibility index (Phi) is 7.28. The summed E-state index contributed by atoms with van der Waals surface area (Å²) in [6.45, 7) is 0. The molecule has 0 amide bonds. The van der Waals surface area contributed by atoms with Crippen molar-refractivity contribution in [2.45, 2.75) is 0 Å². The van der Waals surface area contributed by atoms with Crippen LogP contribution in [0.1, 0.15) is 20.7 Å². The highest BCUT2D eigenvalue weighted by atomic mass is 16.5. The zero-order valence-corrected chi connectivity index (χ0v) is 19.1. The summed E-state index contributed by atoms with van der Waals surface area (Å²) in [5, 5.41) is 0. The van der Waals surface area contributed by atoms with Gasteiger partial charge in [-0.3, -0.25) is 0 Å². The first-order chi connectivity index (χ1) is 17.0. The van der Waals surface area contributed by atoms with E-state index >= 15 is 0 Å². The zero-order valence-electron chi connectivity index (χ0n) is 19.1. The molecule has 0 N–H and O–H groups in total. The van der Waals surface area contributed by atoms with Crippen LogP contribution in [0, 0.1) is 0 Å². The lowest BCUT2D eigenvalue weighted by atomic mass is 10.2. The minimum absolute atomic E-state index is 0.380. The van der Waals surface area contributed by atoms with Gasteiger partial charge < -0.3 is 23.7 Å². The summed E-state index contributed by atoms with van der Waals surface area (Å²) in [4.78, 5) is 24.7. The molecule has 0 radical (unpaired) electrons. The highest BCUT2D eigenvalue weighted by Crippen LogP contribution is 2.27. The Labute approximate surface area is 202 Å². The van der Waals surface area contributed by atoms with E-state index in [9.17, 15) is 9.59 Å². The molecule has 0 atom stereocenters. The quantitative estimate of drug-likeness (QED) is 0.233. The van der Waals surface area contributed by atoms with Crippen molar-refractivity contribution in [3.05, 3.63) is 108 Å². The summed E-state index contributed by atoms with van der Waals surface area (Å²) in [7, 11) is 3.07. The van der Waals surface area contributed by atoms with E-state index in [1.165, 1.54) is 14.2 Å². The first kappa shape index (κ1) is 23.4. The molecule has 0 saturated heterocycles. The van der Waals surface area contributed by atoms with E-state index in [1.54, 1.807) is 97.1 Å². The van der Waals surface area contributed by atoms with Gasteiger partial charge in [-0.25, -0.2) is 9.59 Å². The van der Waals surface area contributed by atoms with Gasteiger partial charge in [0.2, 0.25) is 0 Å². The molecule has 0 unspecified atom stereocenters. The number of rotatable bonds is 8. The summed E-state index contributed by atoms with van der Waals surface area (Å²) in [5.74, 6) is 2.02. The number of carbonyl (C=O) groups excluding carboxylic acids is 2. The second-order valence-corrected chi connectivity index (χ2v) is 7.29. The topological polar surface area (TPSA) is 80.3 Å². The van der Waals surface area contributed by atoms with Gasteiger partial charge in [-0.2, -0.15) is 0 Å². The second-order valence-electron chi connectivity index (χ2n) is 7.29. The van der Waals surface area contributed by atoms with E-state index in [1.807, 2.05) is 0 Å². The summed E-state index contributed by atoms with van der Waals surface area (Å²) >= 11 is 0. The number of carbonyl (C=O) groups is 2. The summed E-state index contributed by atoms with van der Waals surface area (Å²) in [6, 6.07) is 26.8. The first-order valence-corrected chi connectivity index (χ1v) is 10.6. The standard InChI is InChI=1S/C28H22O7/c1-31-25-7-3-5-19(17-25)27(29)34-23-13-9-21(10-14-23)33-22-11-15-24(16-12-22)35-28(30)20-6-4-8-26(18-20)32-2/h3-18H,1-2H3. The average molecular weight is 470 g/mol. The van der Waals surface area contributed by atoms with Crippen molar-refractivity contribution in [1.82, 2.24) is 0 Å². The molecule has 0 aliphatic carbocycles. The third-order valence-corrected chi connectivity index (χ3v) is 4.92. The Morgan fingerprint density at radius 3 is 1.23 bits per heavy atom. The average Bonchev–Trinajstić information content (AvgIpc) is 2.91. The lowest BCUT2D eigenvalue weighted by molar-refractivity contribution is 0.0725. The van der Waals surface area contributed by atoms with Crippen LogP contribution in [0.2, 0.25) is 0 Å². The van der Waals surface area contributed by atoms with Crippen LogP contribution < -0.4 is 23.7 Å². The molecular formula is C28H22O7. The molecule has 7 nitrogen and oxygen atoms in total. The van der Waals surface area contributed by atoms with Crippen molar-refractivity contribution in [3.63, 3.8) is 0 Å². The fraction of sp³-hybridized carbons (Fsp3) is 0.0714. The molecular weight excluding hydrogens is 448 g/mol. The predicted molar refractivity (Wildman–Crippen MR) is 129 cm³/mol. The van der Waals surface area contributed by atoms with E-state index < -0.39 is 11.9 Å². The number of benzene rings is 4. The Hall–Kier alpha value is -4.78. The van der Waals surface area contributed by atoms with Crippen molar-refractivity contribution in [2.24, 2.45) is 0 Å². The van der Waals surface area contributed by atoms with Crippen LogP contribution >= 0.6 is 0 Å². The van der Waals surface area contributed by atoms with Crippen LogP contribution in [0.15, 0.2) is 97.1 Å². The molecule has 0 aromatic heterocycles. The van der Waals surface area contributed by atoms with Gasteiger partial charge in [-0.05, 0) is 84.9 Å². The maximum absolute atomic E-state index is 12.3. The van der Waals surface area contributed by atoms with Crippen LogP contribution in [-0.4, -0.2) is 26.2 Å². The van der Waals surface area contributed by atoms with Crippen LogP contribution in [0.25, 0.3) is 0 Å². The smallest absolute Gasteiger partial charge is 0.343 e. The predicted octanol–water partition coefficient (Wildman–Crippen LogP) is 5.93. The van der Waals surface area contributed by atoms with Crippen LogP contribution in [0.4, 0.5) is 0 Å². The van der Waals surface area contributed by atoms with E-state index in [0.717, 1.165) is 0 Å². The van der Waals surface area contributed by atoms with E-state index in [2.05, 4.69) is 0 Å². The lowest BCUT2D eigenvalue weighted by Gasteiger charge is -2.09. The van der Waals surface area contributed by atoms with Gasteiger partial charge in [0, 0.05) is 0 Å². The number of hydrogen-bond donors (Lipinski definition) is 0. The maximum Gasteiger partial charge on any atom is 0.343 e. The highest BCUT2D eigenvalue weighted by molar-refractivity contribution is 5.92. The minimum Gasteiger partial charge on any atom is -0.497 e. The van der Waals surface area contributed by atoms with Crippen molar-refractivity contribution >= 4 is 11.9 Å². The summed E-state index contributed by atoms with van der Waals surface area (Å²) < 4.78 is 26.9. The molecule has 4 rings (SSSR count). The monoisotopic (exact) mass is 470 g/mol. The van der Waals surface area contributed by atoms with Gasteiger partial charge >= 0.3 is 11.9 Å². The van der Waals surface area contributed by atoms with Gasteiger partial charge in [0.1, 0.15) is 34.5 Å². The Morgan fingerprint density at radius 1 is 0.486 bits per heavy atom. The van der Waals surface area contributed by atoms with Gasteiger partial charge in [0.25, 0.3) is 0 Å². The SMILES string of the molecule is COc1cccc(C(=O)Oc2ccc(Oc3ccc(OC(=O)c4cccc(OC)c4)cc3)cc2)c1. The zero-order chi connectivity index (χ0) is 24.6. The van der Waals surface area contributed by atoms with E-state index in [0.29, 0.717) is 45.6 Å². The van der Waals surface area contributed by atoms with Gasteiger partial charge in [0.05, 0.1) is 25.3 Å². The Morgan fingerprint density at radius 2 is 0.857 bits per heavy atom. The summed E-state index contributed by atoms with van der Waals surface area (Å²) in [6.07, 6.45) is 0. The van der Waals surface area contributed by atoms with Gasteiger partial charge in [0.15, 0.2) is 0 Å². The number of esters is 2.